The lowest BCUT2D eigenvalue weighted by atomic mass is 9.59. The first-order valence-corrected chi connectivity index (χ1v) is 5.60. The Bertz CT molecular complexity index is 245. The van der Waals surface area contributed by atoms with Gasteiger partial charge in [-0.05, 0) is 11.8 Å². The van der Waals surface area contributed by atoms with Crippen molar-refractivity contribution < 1.29 is 25.5 Å². The molecule has 1 saturated carbocycles. The lowest BCUT2D eigenvalue weighted by Gasteiger charge is -2.52. The third kappa shape index (κ3) is 1.87. The number of rotatable bonds is 2. The molecule has 0 spiro atoms. The quantitative estimate of drug-likeness (QED) is 0.409. The molecule has 6 atom stereocenters. The summed E-state index contributed by atoms with van der Waals surface area (Å²) in [6.07, 6.45) is -5.19. The molecule has 1 aliphatic rings. The van der Waals surface area contributed by atoms with Gasteiger partial charge in [-0.25, -0.2) is 0 Å². The van der Waals surface area contributed by atoms with Crippen molar-refractivity contribution in [2.24, 2.45) is 17.3 Å². The zero-order valence-electron chi connectivity index (χ0n) is 9.91. The molecule has 0 amide bonds. The minimum absolute atomic E-state index is 0.0241. The predicted molar refractivity (Wildman–Crippen MR) is 57.5 cm³/mol. The third-order valence-corrected chi connectivity index (χ3v) is 3.89. The van der Waals surface area contributed by atoms with Crippen molar-refractivity contribution in [2.45, 2.75) is 45.2 Å². The van der Waals surface area contributed by atoms with Crippen molar-refractivity contribution in [1.29, 1.82) is 0 Å². The van der Waals surface area contributed by atoms with Crippen LogP contribution in [0.15, 0.2) is 0 Å². The SMILES string of the molecule is CC(C)[C@@H]1[C@@H](O)[C@H](O)[C@H](O)[C@@H](O)[C@]1(C)CO. The maximum atomic E-state index is 9.93. The van der Waals surface area contributed by atoms with Gasteiger partial charge in [-0.15, -0.1) is 0 Å². The minimum Gasteiger partial charge on any atom is -0.396 e. The average Bonchev–Trinajstić information content (AvgIpc) is 2.23. The van der Waals surface area contributed by atoms with Crippen LogP contribution in [-0.4, -0.2) is 56.6 Å². The molecule has 16 heavy (non-hydrogen) atoms. The van der Waals surface area contributed by atoms with E-state index in [0.29, 0.717) is 0 Å². The molecule has 5 N–H and O–H groups in total. The van der Waals surface area contributed by atoms with E-state index in [4.69, 9.17) is 0 Å². The highest BCUT2D eigenvalue weighted by Crippen LogP contribution is 2.44. The molecular weight excluding hydrogens is 212 g/mol. The Balaban J connectivity index is 3.11. The van der Waals surface area contributed by atoms with Crippen LogP contribution in [0.3, 0.4) is 0 Å². The lowest BCUT2D eigenvalue weighted by Crippen LogP contribution is -2.65. The average molecular weight is 234 g/mol. The van der Waals surface area contributed by atoms with E-state index in [9.17, 15) is 25.5 Å². The second-order valence-corrected chi connectivity index (χ2v) is 5.35. The summed E-state index contributed by atoms with van der Waals surface area (Å²) in [5.74, 6) is -0.491. The fourth-order valence-electron chi connectivity index (χ4n) is 2.93. The Labute approximate surface area is 95.4 Å². The number of aliphatic hydroxyl groups excluding tert-OH is 5. The maximum Gasteiger partial charge on any atom is 0.109 e. The Morgan fingerprint density at radius 3 is 1.88 bits per heavy atom. The van der Waals surface area contributed by atoms with E-state index >= 15 is 0 Å². The largest absolute Gasteiger partial charge is 0.396 e. The fourth-order valence-corrected chi connectivity index (χ4v) is 2.93. The Morgan fingerprint density at radius 2 is 1.50 bits per heavy atom. The van der Waals surface area contributed by atoms with E-state index in [1.165, 1.54) is 0 Å². The van der Waals surface area contributed by atoms with E-state index in [1.54, 1.807) is 6.92 Å². The van der Waals surface area contributed by atoms with Gasteiger partial charge < -0.3 is 25.5 Å². The highest BCUT2D eigenvalue weighted by atomic mass is 16.4. The molecule has 1 aliphatic carbocycles. The second-order valence-electron chi connectivity index (χ2n) is 5.35. The second kappa shape index (κ2) is 4.58. The number of hydrogen-bond acceptors (Lipinski definition) is 5. The first-order chi connectivity index (χ1) is 7.27. The molecule has 0 saturated heterocycles. The molecule has 0 unspecified atom stereocenters. The molecule has 0 aromatic rings. The van der Waals surface area contributed by atoms with E-state index in [-0.39, 0.29) is 12.5 Å². The summed E-state index contributed by atoms with van der Waals surface area (Å²) >= 11 is 0. The molecule has 0 radical (unpaired) electrons. The van der Waals surface area contributed by atoms with E-state index in [1.807, 2.05) is 13.8 Å². The smallest absolute Gasteiger partial charge is 0.109 e. The third-order valence-electron chi connectivity index (χ3n) is 3.89. The monoisotopic (exact) mass is 234 g/mol. The number of aliphatic hydroxyl groups is 5. The van der Waals surface area contributed by atoms with E-state index in [0.717, 1.165) is 0 Å². The van der Waals surface area contributed by atoms with Crippen LogP contribution in [0.1, 0.15) is 20.8 Å². The van der Waals surface area contributed by atoms with Gasteiger partial charge in [0.2, 0.25) is 0 Å². The molecule has 0 aromatic carbocycles. The standard InChI is InChI=1S/C11H22O5/c1-5(2)6-7(13)8(14)9(15)10(16)11(6,3)4-12/h5-10,12-16H,4H2,1-3H3/t6-,7-,8+,9+,10-,11-/m1/s1. The zero-order chi connectivity index (χ0) is 12.7. The van der Waals surface area contributed by atoms with E-state index < -0.39 is 35.7 Å². The normalized spacial score (nSPS) is 49.7. The van der Waals surface area contributed by atoms with Crippen molar-refractivity contribution in [3.05, 3.63) is 0 Å². The fraction of sp³-hybridized carbons (Fsp3) is 1.00. The molecule has 0 heterocycles. The van der Waals surface area contributed by atoms with Gasteiger partial charge in [0.1, 0.15) is 12.2 Å². The molecule has 5 nitrogen and oxygen atoms in total. The molecule has 96 valence electrons. The number of hydrogen-bond donors (Lipinski definition) is 5. The van der Waals surface area contributed by atoms with Crippen molar-refractivity contribution in [3.8, 4) is 0 Å². The van der Waals surface area contributed by atoms with Crippen LogP contribution < -0.4 is 0 Å². The highest BCUT2D eigenvalue weighted by Gasteiger charge is 2.56. The van der Waals surface area contributed by atoms with Crippen LogP contribution in [0.25, 0.3) is 0 Å². The summed E-state index contributed by atoms with van der Waals surface area (Å²) in [6, 6.07) is 0. The lowest BCUT2D eigenvalue weighted by molar-refractivity contribution is -0.231. The topological polar surface area (TPSA) is 101 Å². The van der Waals surface area contributed by atoms with Crippen molar-refractivity contribution in [1.82, 2.24) is 0 Å². The van der Waals surface area contributed by atoms with Crippen LogP contribution >= 0.6 is 0 Å². The molecule has 0 bridgehead atoms. The molecule has 0 aromatic heterocycles. The summed E-state index contributed by atoms with van der Waals surface area (Å²) in [5, 5.41) is 48.5. The van der Waals surface area contributed by atoms with Crippen LogP contribution in [0.2, 0.25) is 0 Å². The van der Waals surface area contributed by atoms with Crippen molar-refractivity contribution >= 4 is 0 Å². The van der Waals surface area contributed by atoms with Crippen LogP contribution in [0, 0.1) is 17.3 Å². The highest BCUT2D eigenvalue weighted by molar-refractivity contribution is 5.05. The summed E-state index contributed by atoms with van der Waals surface area (Å²) in [7, 11) is 0. The van der Waals surface area contributed by atoms with Gasteiger partial charge in [0.05, 0.1) is 18.8 Å². The van der Waals surface area contributed by atoms with Gasteiger partial charge in [-0.3, -0.25) is 0 Å². The predicted octanol–water partition coefficient (Wildman–Crippen LogP) is -1.29. The van der Waals surface area contributed by atoms with E-state index in [2.05, 4.69) is 0 Å². The summed E-state index contributed by atoms with van der Waals surface area (Å²) in [6.45, 7) is 4.95. The van der Waals surface area contributed by atoms with Crippen LogP contribution in [-0.2, 0) is 0 Å². The Kier molecular flexibility index (Phi) is 3.97. The first kappa shape index (κ1) is 13.9. The molecule has 0 aliphatic heterocycles. The van der Waals surface area contributed by atoms with Gasteiger partial charge >= 0.3 is 0 Å². The van der Waals surface area contributed by atoms with Gasteiger partial charge in [-0.2, -0.15) is 0 Å². The van der Waals surface area contributed by atoms with Gasteiger partial charge in [-0.1, -0.05) is 20.8 Å². The van der Waals surface area contributed by atoms with Crippen molar-refractivity contribution in [3.63, 3.8) is 0 Å². The van der Waals surface area contributed by atoms with Gasteiger partial charge in [0, 0.05) is 5.41 Å². The van der Waals surface area contributed by atoms with Gasteiger partial charge in [0.25, 0.3) is 0 Å². The van der Waals surface area contributed by atoms with Gasteiger partial charge in [0.15, 0.2) is 0 Å². The molecule has 5 heteroatoms. The minimum atomic E-state index is -1.43. The molecular formula is C11H22O5. The summed E-state index contributed by atoms with van der Waals surface area (Å²) < 4.78 is 0. The molecule has 1 fully saturated rings. The summed E-state index contributed by atoms with van der Waals surface area (Å²) in [5.41, 5.74) is -1.01. The zero-order valence-corrected chi connectivity index (χ0v) is 9.91. The van der Waals surface area contributed by atoms with Crippen LogP contribution in [0.5, 0.6) is 0 Å². The Hall–Kier alpha value is -0.200. The van der Waals surface area contributed by atoms with Crippen molar-refractivity contribution in [2.75, 3.05) is 6.61 Å². The molecule has 1 rings (SSSR count). The first-order valence-electron chi connectivity index (χ1n) is 5.60. The van der Waals surface area contributed by atoms with Crippen LogP contribution in [0.4, 0.5) is 0 Å². The maximum absolute atomic E-state index is 9.93. The Morgan fingerprint density at radius 1 is 1.00 bits per heavy atom. The summed E-state index contributed by atoms with van der Waals surface area (Å²) in [4.78, 5) is 0.